The van der Waals surface area contributed by atoms with Crippen LogP contribution in [0.2, 0.25) is 0 Å². The van der Waals surface area contributed by atoms with Gasteiger partial charge in [0, 0.05) is 18.2 Å². The lowest BCUT2D eigenvalue weighted by atomic mass is 10.3. The molecule has 0 unspecified atom stereocenters. The van der Waals surface area contributed by atoms with Crippen molar-refractivity contribution in [1.29, 1.82) is 0 Å². The van der Waals surface area contributed by atoms with E-state index < -0.39 is 44.0 Å². The highest BCUT2D eigenvalue weighted by Crippen LogP contribution is 2.21. The van der Waals surface area contributed by atoms with Gasteiger partial charge in [0.15, 0.2) is 0 Å². The number of nitro groups is 1. The Hall–Kier alpha value is -1.58. The highest BCUT2D eigenvalue weighted by atomic mass is 32.2. The van der Waals surface area contributed by atoms with Crippen LogP contribution in [0.5, 0.6) is 0 Å². The minimum absolute atomic E-state index is 0.298. The average Bonchev–Trinajstić information content (AvgIpc) is 2.35. The van der Waals surface area contributed by atoms with E-state index in [1.165, 1.54) is 0 Å². The fraction of sp³-hybridized carbons (Fsp3) is 0.400. The van der Waals surface area contributed by atoms with Gasteiger partial charge in [-0.3, -0.25) is 10.1 Å². The lowest BCUT2D eigenvalue weighted by Gasteiger charge is -2.14. The quantitative estimate of drug-likeness (QED) is 0.595. The van der Waals surface area contributed by atoms with Crippen molar-refractivity contribution >= 4 is 15.7 Å². The van der Waals surface area contributed by atoms with Gasteiger partial charge in [-0.05, 0) is 12.5 Å². The highest BCUT2D eigenvalue weighted by Gasteiger charge is 2.24. The average molecular weight is 292 g/mol. The highest BCUT2D eigenvalue weighted by molar-refractivity contribution is 7.89. The van der Waals surface area contributed by atoms with Crippen LogP contribution in [0, 0.1) is 15.9 Å². The molecular formula is C10H13FN2O5S. The van der Waals surface area contributed by atoms with Gasteiger partial charge in [0.25, 0.3) is 5.69 Å². The molecule has 0 saturated heterocycles. The summed E-state index contributed by atoms with van der Waals surface area (Å²) >= 11 is 0. The summed E-state index contributed by atoms with van der Waals surface area (Å²) in [5.41, 5.74) is -0.529. The van der Waals surface area contributed by atoms with Gasteiger partial charge >= 0.3 is 0 Å². The van der Waals surface area contributed by atoms with Gasteiger partial charge in [0.1, 0.15) is 10.7 Å². The minimum atomic E-state index is -4.26. The first-order chi connectivity index (χ1) is 8.81. The zero-order chi connectivity index (χ0) is 14.6. The van der Waals surface area contributed by atoms with Crippen LogP contribution in [0.3, 0.4) is 0 Å². The molecule has 2 N–H and O–H groups in total. The summed E-state index contributed by atoms with van der Waals surface area (Å²) in [4.78, 5) is 8.92. The van der Waals surface area contributed by atoms with Crippen LogP contribution in [0.4, 0.5) is 10.1 Å². The van der Waals surface area contributed by atoms with Crippen molar-refractivity contribution in [2.45, 2.75) is 24.3 Å². The number of rotatable bonds is 6. The number of halogens is 1. The number of non-ortho nitro benzene ring substituents is 1. The molecule has 1 aromatic rings. The first-order valence-electron chi connectivity index (χ1n) is 5.39. The second kappa shape index (κ2) is 6.04. The van der Waals surface area contributed by atoms with E-state index in [4.69, 9.17) is 5.11 Å². The van der Waals surface area contributed by atoms with E-state index in [2.05, 4.69) is 4.72 Å². The minimum Gasteiger partial charge on any atom is -0.395 e. The summed E-state index contributed by atoms with van der Waals surface area (Å²) in [6.07, 6.45) is 0.298. The predicted molar refractivity (Wildman–Crippen MR) is 64.5 cm³/mol. The number of aliphatic hydroxyl groups is 1. The maximum atomic E-state index is 13.5. The molecule has 1 atom stereocenters. The normalized spacial score (nSPS) is 13.2. The van der Waals surface area contributed by atoms with Crippen molar-refractivity contribution in [3.05, 3.63) is 34.1 Å². The van der Waals surface area contributed by atoms with Gasteiger partial charge in [0.2, 0.25) is 10.0 Å². The van der Waals surface area contributed by atoms with Gasteiger partial charge in [0.05, 0.1) is 11.5 Å². The Kier molecular flexibility index (Phi) is 4.92. The number of hydrogen-bond donors (Lipinski definition) is 2. The first kappa shape index (κ1) is 15.5. The van der Waals surface area contributed by atoms with Gasteiger partial charge in [-0.1, -0.05) is 6.92 Å². The van der Waals surface area contributed by atoms with Crippen LogP contribution in [0.15, 0.2) is 23.1 Å². The zero-order valence-corrected chi connectivity index (χ0v) is 10.9. The fourth-order valence-electron chi connectivity index (χ4n) is 1.34. The van der Waals surface area contributed by atoms with Crippen molar-refractivity contribution in [2.75, 3.05) is 6.61 Å². The summed E-state index contributed by atoms with van der Waals surface area (Å²) < 4.78 is 39.3. The first-order valence-corrected chi connectivity index (χ1v) is 6.87. The summed E-state index contributed by atoms with van der Waals surface area (Å²) in [6.45, 7) is 1.18. The maximum Gasteiger partial charge on any atom is 0.270 e. The van der Waals surface area contributed by atoms with Gasteiger partial charge < -0.3 is 5.11 Å². The molecule has 1 rings (SSSR count). The molecule has 0 spiro atoms. The van der Waals surface area contributed by atoms with E-state index in [0.29, 0.717) is 18.6 Å². The molecule has 0 saturated carbocycles. The second-order valence-electron chi connectivity index (χ2n) is 3.78. The summed E-state index contributed by atoms with van der Waals surface area (Å²) in [5.74, 6) is -1.09. The fourth-order valence-corrected chi connectivity index (χ4v) is 2.75. The molecule has 0 fully saturated rings. The van der Waals surface area contributed by atoms with Gasteiger partial charge in [-0.15, -0.1) is 0 Å². The Balaban J connectivity index is 3.20. The van der Waals surface area contributed by atoms with Crippen LogP contribution in [-0.2, 0) is 10.0 Å². The number of nitrogens with one attached hydrogen (secondary N) is 1. The smallest absolute Gasteiger partial charge is 0.270 e. The molecule has 0 aromatic heterocycles. The number of nitrogens with zero attached hydrogens (tertiary/aromatic N) is 1. The lowest BCUT2D eigenvalue weighted by molar-refractivity contribution is -0.385. The second-order valence-corrected chi connectivity index (χ2v) is 5.46. The summed E-state index contributed by atoms with van der Waals surface area (Å²) in [5, 5.41) is 19.5. The van der Waals surface area contributed by atoms with Crippen molar-refractivity contribution in [2.24, 2.45) is 0 Å². The largest absolute Gasteiger partial charge is 0.395 e. The maximum absolute atomic E-state index is 13.5. The molecular weight excluding hydrogens is 279 g/mol. The van der Waals surface area contributed by atoms with Crippen LogP contribution in [-0.4, -0.2) is 31.1 Å². The van der Waals surface area contributed by atoms with Crippen LogP contribution >= 0.6 is 0 Å². The third kappa shape index (κ3) is 3.69. The molecule has 106 valence electrons. The van der Waals surface area contributed by atoms with E-state index in [1.54, 1.807) is 6.92 Å². The van der Waals surface area contributed by atoms with E-state index in [0.717, 1.165) is 6.07 Å². The van der Waals surface area contributed by atoms with E-state index in [-0.39, 0.29) is 0 Å². The molecule has 0 aliphatic heterocycles. The van der Waals surface area contributed by atoms with E-state index in [1.807, 2.05) is 0 Å². The lowest BCUT2D eigenvalue weighted by Crippen LogP contribution is -2.37. The van der Waals surface area contributed by atoms with E-state index in [9.17, 15) is 22.9 Å². The monoisotopic (exact) mass is 292 g/mol. The van der Waals surface area contributed by atoms with E-state index >= 15 is 0 Å². The van der Waals surface area contributed by atoms with Crippen LogP contribution < -0.4 is 4.72 Å². The number of sulfonamides is 1. The molecule has 0 amide bonds. The molecule has 1 aromatic carbocycles. The number of hydrogen-bond acceptors (Lipinski definition) is 5. The van der Waals surface area contributed by atoms with Gasteiger partial charge in [-0.2, -0.15) is 0 Å². The number of nitro benzene ring substituents is 1. The van der Waals surface area contributed by atoms with Crippen molar-refractivity contribution in [3.8, 4) is 0 Å². The summed E-state index contributed by atoms with van der Waals surface area (Å²) in [7, 11) is -4.26. The molecule has 9 heteroatoms. The Labute approximate surface area is 109 Å². The van der Waals surface area contributed by atoms with Crippen molar-refractivity contribution in [3.63, 3.8) is 0 Å². The molecule has 0 aliphatic carbocycles. The van der Waals surface area contributed by atoms with Crippen LogP contribution in [0.1, 0.15) is 13.3 Å². The third-order valence-corrected chi connectivity index (χ3v) is 3.99. The molecule has 0 bridgehead atoms. The zero-order valence-electron chi connectivity index (χ0n) is 10.0. The Bertz CT molecular complexity index is 571. The van der Waals surface area contributed by atoms with Gasteiger partial charge in [-0.25, -0.2) is 17.5 Å². The molecule has 0 heterocycles. The Morgan fingerprint density at radius 3 is 2.63 bits per heavy atom. The topological polar surface area (TPSA) is 110 Å². The molecule has 7 nitrogen and oxygen atoms in total. The number of aliphatic hydroxyl groups excluding tert-OH is 1. The number of benzene rings is 1. The predicted octanol–water partition coefficient (Wildman–Crippen LogP) is 0.783. The molecule has 19 heavy (non-hydrogen) atoms. The Morgan fingerprint density at radius 1 is 1.53 bits per heavy atom. The Morgan fingerprint density at radius 2 is 2.16 bits per heavy atom. The molecule has 0 aliphatic rings. The van der Waals surface area contributed by atoms with Crippen molar-refractivity contribution < 1.29 is 22.8 Å². The summed E-state index contributed by atoms with van der Waals surface area (Å²) in [6, 6.07) is 1.45. The molecule has 0 radical (unpaired) electrons. The SMILES string of the molecule is CC[C@@H](CO)NS(=O)(=O)c1cc([N+](=O)[O-])ccc1F. The third-order valence-electron chi connectivity index (χ3n) is 2.45. The standard InChI is InChI=1S/C10H13FN2O5S/c1-2-7(6-14)12-19(17,18)10-5-8(13(15)16)3-4-9(10)11/h3-5,7,12,14H,2,6H2,1H3/t7-/m0/s1. The van der Waals surface area contributed by atoms with Crippen molar-refractivity contribution in [1.82, 2.24) is 4.72 Å². The van der Waals surface area contributed by atoms with Crippen LogP contribution in [0.25, 0.3) is 0 Å².